The molecule has 0 saturated heterocycles. The van der Waals surface area contributed by atoms with Crippen LogP contribution in [0.15, 0.2) is 18.2 Å². The third kappa shape index (κ3) is 3.35. The number of hydrogen-bond acceptors (Lipinski definition) is 3. The lowest BCUT2D eigenvalue weighted by molar-refractivity contribution is 0.566. The van der Waals surface area contributed by atoms with Gasteiger partial charge >= 0.3 is 0 Å². The summed E-state index contributed by atoms with van der Waals surface area (Å²) in [5, 5.41) is 0.214. The molecule has 0 saturated carbocycles. The smallest absolute Gasteiger partial charge is 0.154 e. The number of halogens is 2. The standard InChI is InChI=1S/C11H15Cl2NO2S/c1-3-17(15,16)7(2)11(14)9-5-4-8(12)6-10(9)13/h4-7,11H,3,14H2,1-2H3/t7-,11+/m0/s1. The van der Waals surface area contributed by atoms with E-state index in [2.05, 4.69) is 0 Å². The maximum atomic E-state index is 11.7. The minimum Gasteiger partial charge on any atom is -0.323 e. The minimum atomic E-state index is -3.19. The van der Waals surface area contributed by atoms with Crippen molar-refractivity contribution in [2.75, 3.05) is 5.75 Å². The molecule has 6 heteroatoms. The summed E-state index contributed by atoms with van der Waals surface area (Å²) in [5.74, 6) is 0.0626. The maximum absolute atomic E-state index is 11.7. The van der Waals surface area contributed by atoms with Gasteiger partial charge < -0.3 is 5.73 Å². The van der Waals surface area contributed by atoms with Gasteiger partial charge in [0.1, 0.15) is 0 Å². The highest BCUT2D eigenvalue weighted by atomic mass is 35.5. The van der Waals surface area contributed by atoms with E-state index in [0.717, 1.165) is 0 Å². The lowest BCUT2D eigenvalue weighted by Crippen LogP contribution is -2.32. The first-order chi connectivity index (χ1) is 7.79. The van der Waals surface area contributed by atoms with Crippen LogP contribution in [0.2, 0.25) is 10.0 Å². The molecule has 96 valence electrons. The molecule has 0 heterocycles. The topological polar surface area (TPSA) is 60.2 Å². The Morgan fingerprint density at radius 3 is 2.41 bits per heavy atom. The van der Waals surface area contributed by atoms with E-state index in [0.29, 0.717) is 15.6 Å². The third-order valence-corrected chi connectivity index (χ3v) is 5.59. The molecule has 0 amide bonds. The van der Waals surface area contributed by atoms with Crippen LogP contribution < -0.4 is 5.73 Å². The number of nitrogens with two attached hydrogens (primary N) is 1. The van der Waals surface area contributed by atoms with Crippen LogP contribution in [0.5, 0.6) is 0 Å². The molecule has 1 rings (SSSR count). The van der Waals surface area contributed by atoms with E-state index in [9.17, 15) is 8.42 Å². The highest BCUT2D eigenvalue weighted by Gasteiger charge is 2.27. The Hall–Kier alpha value is -0.290. The summed E-state index contributed by atoms with van der Waals surface area (Å²) in [4.78, 5) is 0. The Kier molecular flexibility index (Phi) is 4.84. The molecule has 1 aromatic rings. The molecule has 0 aliphatic heterocycles. The Balaban J connectivity index is 3.09. The highest BCUT2D eigenvalue weighted by molar-refractivity contribution is 7.92. The van der Waals surface area contributed by atoms with Crippen molar-refractivity contribution < 1.29 is 8.42 Å². The van der Waals surface area contributed by atoms with Crippen molar-refractivity contribution >= 4 is 33.0 Å². The van der Waals surface area contributed by atoms with E-state index >= 15 is 0 Å². The van der Waals surface area contributed by atoms with Crippen LogP contribution in [-0.4, -0.2) is 19.4 Å². The maximum Gasteiger partial charge on any atom is 0.154 e. The van der Waals surface area contributed by atoms with E-state index in [1.54, 1.807) is 32.0 Å². The van der Waals surface area contributed by atoms with Crippen LogP contribution in [0.4, 0.5) is 0 Å². The van der Waals surface area contributed by atoms with Crippen LogP contribution >= 0.6 is 23.2 Å². The lowest BCUT2D eigenvalue weighted by Gasteiger charge is -2.21. The van der Waals surface area contributed by atoms with E-state index in [1.807, 2.05) is 0 Å². The average Bonchev–Trinajstić information content (AvgIpc) is 2.27. The molecule has 0 radical (unpaired) electrons. The molecule has 17 heavy (non-hydrogen) atoms. The van der Waals surface area contributed by atoms with Crippen molar-refractivity contribution in [2.24, 2.45) is 5.73 Å². The van der Waals surface area contributed by atoms with Crippen LogP contribution in [0, 0.1) is 0 Å². The molecule has 0 fully saturated rings. The first-order valence-corrected chi connectivity index (χ1v) is 7.68. The first-order valence-electron chi connectivity index (χ1n) is 5.21. The molecule has 3 nitrogen and oxygen atoms in total. The van der Waals surface area contributed by atoms with Crippen molar-refractivity contribution in [3.63, 3.8) is 0 Å². The fraction of sp³-hybridized carbons (Fsp3) is 0.455. The Labute approximate surface area is 112 Å². The van der Waals surface area contributed by atoms with Gasteiger partial charge in [0.2, 0.25) is 0 Å². The third-order valence-electron chi connectivity index (χ3n) is 2.80. The van der Waals surface area contributed by atoms with Gasteiger partial charge in [-0.3, -0.25) is 0 Å². The summed E-state index contributed by atoms with van der Waals surface area (Å²) in [5.41, 5.74) is 6.54. The molecular weight excluding hydrogens is 281 g/mol. The number of sulfone groups is 1. The van der Waals surface area contributed by atoms with Gasteiger partial charge in [0.15, 0.2) is 9.84 Å². The van der Waals surface area contributed by atoms with Crippen LogP contribution in [0.3, 0.4) is 0 Å². The van der Waals surface area contributed by atoms with Gasteiger partial charge in [-0.1, -0.05) is 36.2 Å². The highest BCUT2D eigenvalue weighted by Crippen LogP contribution is 2.29. The van der Waals surface area contributed by atoms with Gasteiger partial charge in [-0.15, -0.1) is 0 Å². The molecule has 0 aromatic heterocycles. The van der Waals surface area contributed by atoms with Crippen molar-refractivity contribution in [1.82, 2.24) is 0 Å². The summed E-state index contributed by atoms with van der Waals surface area (Å²) >= 11 is 11.8. The SMILES string of the molecule is CCS(=O)(=O)[C@@H](C)[C@@H](N)c1ccc(Cl)cc1Cl. The molecule has 2 N–H and O–H groups in total. The predicted molar refractivity (Wildman–Crippen MR) is 72.3 cm³/mol. The van der Waals surface area contributed by atoms with Crippen molar-refractivity contribution in [2.45, 2.75) is 25.1 Å². The summed E-state index contributed by atoms with van der Waals surface area (Å²) < 4.78 is 23.5. The van der Waals surface area contributed by atoms with Crippen LogP contribution in [0.25, 0.3) is 0 Å². The fourth-order valence-corrected chi connectivity index (χ4v) is 3.16. The summed E-state index contributed by atoms with van der Waals surface area (Å²) in [7, 11) is -3.19. The normalized spacial score (nSPS) is 15.6. The molecule has 0 aliphatic carbocycles. The van der Waals surface area contributed by atoms with E-state index < -0.39 is 21.1 Å². The number of hydrogen-bond donors (Lipinski definition) is 1. The van der Waals surface area contributed by atoms with Crippen LogP contribution in [0.1, 0.15) is 25.5 Å². The predicted octanol–water partition coefficient (Wildman–Crippen LogP) is 2.82. The number of rotatable bonds is 4. The quantitative estimate of drug-likeness (QED) is 0.929. The largest absolute Gasteiger partial charge is 0.323 e. The fourth-order valence-electron chi connectivity index (χ4n) is 1.51. The second kappa shape index (κ2) is 5.57. The molecule has 0 unspecified atom stereocenters. The zero-order valence-electron chi connectivity index (χ0n) is 9.65. The van der Waals surface area contributed by atoms with Gasteiger partial charge in [-0.25, -0.2) is 8.42 Å². The summed E-state index contributed by atoms with van der Waals surface area (Å²) in [6.45, 7) is 3.19. The minimum absolute atomic E-state index is 0.0626. The lowest BCUT2D eigenvalue weighted by atomic mass is 10.1. The van der Waals surface area contributed by atoms with Gasteiger partial charge in [-0.2, -0.15) is 0 Å². The second-order valence-electron chi connectivity index (χ2n) is 3.85. The number of benzene rings is 1. The molecule has 0 aliphatic rings. The summed E-state index contributed by atoms with van der Waals surface area (Å²) in [6.07, 6.45) is 0. The van der Waals surface area contributed by atoms with Gasteiger partial charge in [-0.05, 0) is 24.6 Å². The van der Waals surface area contributed by atoms with Gasteiger partial charge in [0, 0.05) is 21.8 Å². The first kappa shape index (κ1) is 14.8. The summed E-state index contributed by atoms with van der Waals surface area (Å²) in [6, 6.07) is 4.22. The van der Waals surface area contributed by atoms with Gasteiger partial charge in [0.25, 0.3) is 0 Å². The Morgan fingerprint density at radius 1 is 1.35 bits per heavy atom. The average molecular weight is 296 g/mol. The Morgan fingerprint density at radius 2 is 1.94 bits per heavy atom. The van der Waals surface area contributed by atoms with E-state index in [-0.39, 0.29) is 5.75 Å². The molecule has 0 spiro atoms. The van der Waals surface area contributed by atoms with Crippen LogP contribution in [-0.2, 0) is 9.84 Å². The van der Waals surface area contributed by atoms with E-state index in [1.165, 1.54) is 0 Å². The van der Waals surface area contributed by atoms with E-state index in [4.69, 9.17) is 28.9 Å². The second-order valence-corrected chi connectivity index (χ2v) is 7.34. The zero-order valence-corrected chi connectivity index (χ0v) is 12.0. The Bertz CT molecular complexity index is 502. The molecule has 0 bridgehead atoms. The van der Waals surface area contributed by atoms with Crippen molar-refractivity contribution in [1.29, 1.82) is 0 Å². The zero-order chi connectivity index (χ0) is 13.2. The molecule has 1 aromatic carbocycles. The van der Waals surface area contributed by atoms with Crippen molar-refractivity contribution in [3.05, 3.63) is 33.8 Å². The monoisotopic (exact) mass is 295 g/mol. The van der Waals surface area contributed by atoms with Crippen molar-refractivity contribution in [3.8, 4) is 0 Å². The molecule has 2 atom stereocenters. The molecular formula is C11H15Cl2NO2S. The van der Waals surface area contributed by atoms with Gasteiger partial charge in [0.05, 0.1) is 5.25 Å².